The van der Waals surface area contributed by atoms with Crippen molar-refractivity contribution >= 4 is 17.7 Å². The third-order valence-corrected chi connectivity index (χ3v) is 2.72. The van der Waals surface area contributed by atoms with Gasteiger partial charge in [-0.05, 0) is 19.1 Å². The minimum atomic E-state index is -0.700. The quantitative estimate of drug-likeness (QED) is 0.653. The van der Waals surface area contributed by atoms with Crippen molar-refractivity contribution in [1.82, 2.24) is 15.3 Å². The number of nitrogens with zero attached hydrogens (tertiary/aromatic N) is 4. The fourth-order valence-electron chi connectivity index (χ4n) is 1.71. The third kappa shape index (κ3) is 3.57. The fraction of sp³-hybridized carbons (Fsp3) is 0.308. The van der Waals surface area contributed by atoms with Gasteiger partial charge in [-0.1, -0.05) is 0 Å². The number of nitrogens with one attached hydrogen (secondary N) is 1. The first kappa shape index (κ1) is 15.4. The minimum absolute atomic E-state index is 0.120. The highest BCUT2D eigenvalue weighted by molar-refractivity contribution is 5.91. The predicted molar refractivity (Wildman–Crippen MR) is 77.6 cm³/mol. The van der Waals surface area contributed by atoms with E-state index in [4.69, 9.17) is 4.42 Å². The van der Waals surface area contributed by atoms with E-state index in [0.29, 0.717) is 11.6 Å². The van der Waals surface area contributed by atoms with Crippen molar-refractivity contribution in [1.29, 1.82) is 0 Å². The van der Waals surface area contributed by atoms with E-state index in [1.807, 2.05) is 21.0 Å². The Labute approximate surface area is 126 Å². The number of hydrogen-bond acceptors (Lipinski definition) is 7. The van der Waals surface area contributed by atoms with E-state index in [2.05, 4.69) is 15.3 Å². The molecule has 2 rings (SSSR count). The second-order valence-electron chi connectivity index (χ2n) is 4.77. The van der Waals surface area contributed by atoms with Crippen LogP contribution in [0.25, 0.3) is 0 Å². The zero-order chi connectivity index (χ0) is 16.3. The zero-order valence-corrected chi connectivity index (χ0v) is 12.4. The molecule has 116 valence electrons. The maximum absolute atomic E-state index is 11.9. The van der Waals surface area contributed by atoms with Gasteiger partial charge in [0.05, 0.1) is 18.3 Å². The Hall–Kier alpha value is -2.97. The largest absolute Gasteiger partial charge is 0.433 e. The van der Waals surface area contributed by atoms with Crippen LogP contribution < -0.4 is 10.2 Å². The normalized spacial score (nSPS) is 10.3. The Morgan fingerprint density at radius 3 is 2.73 bits per heavy atom. The van der Waals surface area contributed by atoms with E-state index < -0.39 is 16.7 Å². The van der Waals surface area contributed by atoms with Crippen LogP contribution in [0.15, 0.2) is 22.6 Å². The van der Waals surface area contributed by atoms with Gasteiger partial charge in [0.15, 0.2) is 5.76 Å². The lowest BCUT2D eigenvalue weighted by Crippen LogP contribution is -2.24. The van der Waals surface area contributed by atoms with Crippen molar-refractivity contribution in [2.75, 3.05) is 19.0 Å². The molecule has 2 aromatic rings. The number of anilines is 1. The summed E-state index contributed by atoms with van der Waals surface area (Å²) in [4.78, 5) is 32.0. The number of aryl methyl sites for hydroxylation is 1. The molecule has 0 aromatic carbocycles. The Kier molecular flexibility index (Phi) is 4.35. The summed E-state index contributed by atoms with van der Waals surface area (Å²) in [6.07, 6.45) is 0. The highest BCUT2D eigenvalue weighted by Gasteiger charge is 2.17. The molecule has 0 spiro atoms. The molecule has 9 heteroatoms. The van der Waals surface area contributed by atoms with E-state index in [-0.39, 0.29) is 12.3 Å². The number of carbonyl (C=O) groups excluding carboxylic acids is 1. The second-order valence-corrected chi connectivity index (χ2v) is 4.77. The van der Waals surface area contributed by atoms with Crippen LogP contribution in [-0.2, 0) is 6.54 Å². The maximum atomic E-state index is 11.9. The van der Waals surface area contributed by atoms with Crippen molar-refractivity contribution in [3.05, 3.63) is 45.5 Å². The molecule has 22 heavy (non-hydrogen) atoms. The molecule has 0 aliphatic carbocycles. The molecular weight excluding hydrogens is 290 g/mol. The lowest BCUT2D eigenvalue weighted by Gasteiger charge is -2.12. The number of furan rings is 1. The highest BCUT2D eigenvalue weighted by atomic mass is 16.6. The van der Waals surface area contributed by atoms with Crippen LogP contribution in [0.3, 0.4) is 0 Å². The van der Waals surface area contributed by atoms with E-state index in [9.17, 15) is 14.9 Å². The van der Waals surface area contributed by atoms with Gasteiger partial charge in [-0.15, -0.1) is 0 Å². The van der Waals surface area contributed by atoms with E-state index >= 15 is 0 Å². The molecule has 0 fully saturated rings. The van der Waals surface area contributed by atoms with Gasteiger partial charge in [-0.25, -0.2) is 9.97 Å². The van der Waals surface area contributed by atoms with Crippen molar-refractivity contribution in [2.24, 2.45) is 0 Å². The monoisotopic (exact) mass is 305 g/mol. The molecule has 0 saturated carbocycles. The summed E-state index contributed by atoms with van der Waals surface area (Å²) in [5.74, 6) is -0.600. The first-order valence-corrected chi connectivity index (χ1v) is 6.41. The Morgan fingerprint density at radius 1 is 1.41 bits per heavy atom. The lowest BCUT2D eigenvalue weighted by molar-refractivity contribution is -0.402. The first-order chi connectivity index (χ1) is 10.4. The molecule has 0 aliphatic heterocycles. The summed E-state index contributed by atoms with van der Waals surface area (Å²) in [5, 5.41) is 13.1. The van der Waals surface area contributed by atoms with Crippen molar-refractivity contribution < 1.29 is 14.1 Å². The summed E-state index contributed by atoms with van der Waals surface area (Å²) in [6, 6.07) is 4.13. The summed E-state index contributed by atoms with van der Waals surface area (Å²) < 4.78 is 4.83. The molecule has 0 aliphatic rings. The van der Waals surface area contributed by atoms with Crippen LogP contribution in [0.4, 0.5) is 11.8 Å². The van der Waals surface area contributed by atoms with Gasteiger partial charge >= 0.3 is 5.88 Å². The highest BCUT2D eigenvalue weighted by Crippen LogP contribution is 2.15. The first-order valence-electron chi connectivity index (χ1n) is 6.41. The van der Waals surface area contributed by atoms with Gasteiger partial charge in [-0.3, -0.25) is 14.9 Å². The third-order valence-electron chi connectivity index (χ3n) is 2.72. The Morgan fingerprint density at radius 2 is 2.14 bits per heavy atom. The van der Waals surface area contributed by atoms with Crippen molar-refractivity contribution in [2.45, 2.75) is 13.5 Å². The van der Waals surface area contributed by atoms with Gasteiger partial charge in [0.1, 0.15) is 4.92 Å². The topological polar surface area (TPSA) is 114 Å². The van der Waals surface area contributed by atoms with E-state index in [1.54, 1.807) is 11.0 Å². The molecule has 1 N–H and O–H groups in total. The predicted octanol–water partition coefficient (Wildman–Crippen LogP) is 1.28. The van der Waals surface area contributed by atoms with Crippen LogP contribution in [0.2, 0.25) is 0 Å². The number of hydrogen-bond donors (Lipinski definition) is 1. The van der Waals surface area contributed by atoms with Gasteiger partial charge in [0, 0.05) is 19.8 Å². The Balaban J connectivity index is 2.05. The fourth-order valence-corrected chi connectivity index (χ4v) is 1.71. The van der Waals surface area contributed by atoms with Gasteiger partial charge < -0.3 is 14.6 Å². The van der Waals surface area contributed by atoms with E-state index in [0.717, 1.165) is 11.8 Å². The number of nitro groups is 1. The molecule has 9 nitrogen and oxygen atoms in total. The van der Waals surface area contributed by atoms with Crippen LogP contribution in [0.1, 0.15) is 21.9 Å². The number of aromatic nitrogens is 2. The van der Waals surface area contributed by atoms with Crippen LogP contribution >= 0.6 is 0 Å². The zero-order valence-electron chi connectivity index (χ0n) is 12.4. The molecular formula is C13H15N5O4. The lowest BCUT2D eigenvalue weighted by atomic mass is 10.3. The molecule has 0 unspecified atom stereocenters. The summed E-state index contributed by atoms with van der Waals surface area (Å²) in [5.41, 5.74) is 1.40. The Bertz CT molecular complexity index is 710. The molecule has 1 amide bonds. The standard InChI is InChI=1S/C13H15N5O4/c1-8-6-9(16-13(15-8)17(2)3)7-14-12(19)10-4-5-11(22-10)18(20)21/h4-6H,7H2,1-3H3,(H,14,19). The molecule has 0 atom stereocenters. The summed E-state index contributed by atoms with van der Waals surface area (Å²) >= 11 is 0. The summed E-state index contributed by atoms with van der Waals surface area (Å²) in [6.45, 7) is 1.99. The maximum Gasteiger partial charge on any atom is 0.433 e. The average molecular weight is 305 g/mol. The van der Waals surface area contributed by atoms with E-state index in [1.165, 1.54) is 6.07 Å². The number of amides is 1. The van der Waals surface area contributed by atoms with Gasteiger partial charge in [-0.2, -0.15) is 0 Å². The number of carbonyl (C=O) groups is 1. The molecule has 0 bridgehead atoms. The van der Waals surface area contributed by atoms with Crippen LogP contribution in [0, 0.1) is 17.0 Å². The van der Waals surface area contributed by atoms with Crippen molar-refractivity contribution in [3.63, 3.8) is 0 Å². The van der Waals surface area contributed by atoms with Crippen molar-refractivity contribution in [3.8, 4) is 0 Å². The van der Waals surface area contributed by atoms with Gasteiger partial charge in [0.25, 0.3) is 5.91 Å². The van der Waals surface area contributed by atoms with Gasteiger partial charge in [0.2, 0.25) is 5.95 Å². The molecule has 0 saturated heterocycles. The average Bonchev–Trinajstić information content (AvgIpc) is 2.94. The van der Waals surface area contributed by atoms with Crippen LogP contribution in [-0.4, -0.2) is 34.9 Å². The SMILES string of the molecule is Cc1cc(CNC(=O)c2ccc([N+](=O)[O-])o2)nc(N(C)C)n1. The minimum Gasteiger partial charge on any atom is -0.395 e. The second kappa shape index (κ2) is 6.20. The number of rotatable bonds is 5. The molecule has 0 radical (unpaired) electrons. The smallest absolute Gasteiger partial charge is 0.395 e. The molecule has 2 aromatic heterocycles. The van der Waals surface area contributed by atoms with Crippen LogP contribution in [0.5, 0.6) is 0 Å². The molecule has 2 heterocycles. The summed E-state index contributed by atoms with van der Waals surface area (Å²) in [7, 11) is 3.64.